The molecule has 1 unspecified atom stereocenters. The van der Waals surface area contributed by atoms with Gasteiger partial charge in [-0.3, -0.25) is 30.1 Å². The lowest BCUT2D eigenvalue weighted by Gasteiger charge is -2.53. The summed E-state index contributed by atoms with van der Waals surface area (Å²) in [6, 6.07) is 6.29. The molecule has 4 heterocycles. The molecule has 2 fully saturated rings. The Hall–Kier alpha value is -3.48. The zero-order chi connectivity index (χ0) is 29.4. The van der Waals surface area contributed by atoms with Crippen LogP contribution in [0, 0.1) is 0 Å². The number of hydrogen-bond acceptors (Lipinski definition) is 10. The Kier molecular flexibility index (Phi) is 7.95. The Morgan fingerprint density at radius 1 is 1.19 bits per heavy atom. The summed E-state index contributed by atoms with van der Waals surface area (Å²) in [7, 11) is 3.55. The predicted molar refractivity (Wildman–Crippen MR) is 161 cm³/mol. The minimum Gasteiger partial charge on any atom is -0.495 e. The second-order valence-corrected chi connectivity index (χ2v) is 11.9. The second kappa shape index (κ2) is 11.7. The van der Waals surface area contributed by atoms with Crippen LogP contribution in [-0.2, 0) is 9.53 Å². The number of nitrogens with one attached hydrogen (secondary N) is 3. The van der Waals surface area contributed by atoms with E-state index in [9.17, 15) is 9.59 Å². The number of methoxy groups -OCH3 is 1. The predicted octanol–water partition coefficient (Wildman–Crippen LogP) is 1.85. The van der Waals surface area contributed by atoms with Gasteiger partial charge in [0.1, 0.15) is 17.3 Å². The Labute approximate surface area is 247 Å². The number of anilines is 1. The third-order valence-electron chi connectivity index (χ3n) is 9.10. The number of rotatable bonds is 7. The van der Waals surface area contributed by atoms with Gasteiger partial charge in [0.15, 0.2) is 0 Å². The van der Waals surface area contributed by atoms with Gasteiger partial charge in [0, 0.05) is 56.4 Å². The molecule has 1 saturated heterocycles. The first kappa shape index (κ1) is 28.6. The first-order valence-electron chi connectivity index (χ1n) is 15.2. The lowest BCUT2D eigenvalue weighted by atomic mass is 9.91. The molecule has 3 aliphatic heterocycles. The number of nitrogens with zero attached hydrogens (tertiary/aromatic N) is 4. The van der Waals surface area contributed by atoms with E-state index >= 15 is 0 Å². The molecule has 6 rings (SSSR count). The van der Waals surface area contributed by atoms with Crippen molar-refractivity contribution in [2.75, 3.05) is 58.9 Å². The van der Waals surface area contributed by atoms with Crippen molar-refractivity contribution in [3.63, 3.8) is 0 Å². The molecular weight excluding hydrogens is 536 g/mol. The van der Waals surface area contributed by atoms with Crippen molar-refractivity contribution < 1.29 is 19.1 Å². The van der Waals surface area contributed by atoms with Crippen LogP contribution in [0.25, 0.3) is 10.9 Å². The molecule has 1 aromatic heterocycles. The standard InChI is InChI=1S/C30H44N8O4/c1-4-21-18-35(2)27-28(38(21)22-8-6-5-7-9-22)33-30(31,34-29(27)40)32-23-16-20-10-11-37(24(20)17-25(23)41-3)26(39)19-36-12-14-42-15-13-36/h10-11,16-17,21-22,32-33H,4-9,12-15,18-19,31H2,1-3H3,(H,34,40)/t21?,30-/m1/s1. The van der Waals surface area contributed by atoms with Gasteiger partial charge < -0.3 is 29.9 Å². The Morgan fingerprint density at radius 2 is 1.95 bits per heavy atom. The molecule has 0 radical (unpaired) electrons. The Bertz CT molecular complexity index is 1360. The number of aromatic nitrogens is 1. The third kappa shape index (κ3) is 5.38. The van der Waals surface area contributed by atoms with Crippen LogP contribution in [0.1, 0.15) is 50.2 Å². The van der Waals surface area contributed by atoms with Crippen LogP contribution in [-0.4, -0.2) is 103 Å². The average Bonchev–Trinajstić information content (AvgIpc) is 3.39. The highest BCUT2D eigenvalue weighted by molar-refractivity contribution is 5.97. The lowest BCUT2D eigenvalue weighted by Crippen LogP contribution is -2.76. The number of hydrogen-bond donors (Lipinski definition) is 4. The number of carbonyl (C=O) groups is 2. The number of amides is 1. The summed E-state index contributed by atoms with van der Waals surface area (Å²) in [4.78, 5) is 33.3. The zero-order valence-corrected chi connectivity index (χ0v) is 24.9. The fourth-order valence-corrected chi connectivity index (χ4v) is 6.96. The molecule has 2 atom stereocenters. The largest absolute Gasteiger partial charge is 0.495 e. The molecule has 12 heteroatoms. The second-order valence-electron chi connectivity index (χ2n) is 11.9. The van der Waals surface area contributed by atoms with Crippen LogP contribution >= 0.6 is 0 Å². The van der Waals surface area contributed by atoms with Gasteiger partial charge in [-0.25, -0.2) is 0 Å². The fourth-order valence-electron chi connectivity index (χ4n) is 6.96. The van der Waals surface area contributed by atoms with Crippen LogP contribution in [0.5, 0.6) is 5.75 Å². The lowest BCUT2D eigenvalue weighted by molar-refractivity contribution is -0.123. The maximum atomic E-state index is 13.6. The SMILES string of the molecule is CCC1CN(C)C2=C(N[C@@](N)(Nc3cc4ccn(C(=O)CN5CCOCC5)c4cc3OC)NC2=O)N1C1CCCCC1. The molecule has 1 aliphatic carbocycles. The number of fused-ring (bicyclic) bond motifs is 1. The number of likely N-dealkylation sites (N-methyl/N-ethyl adjacent to an activating group) is 1. The first-order chi connectivity index (χ1) is 20.3. The van der Waals surface area contributed by atoms with Gasteiger partial charge in [-0.1, -0.05) is 26.2 Å². The van der Waals surface area contributed by atoms with Gasteiger partial charge >= 0.3 is 0 Å². The van der Waals surface area contributed by atoms with Crippen molar-refractivity contribution in [2.24, 2.45) is 5.73 Å². The summed E-state index contributed by atoms with van der Waals surface area (Å²) in [5.41, 5.74) is 8.84. The van der Waals surface area contributed by atoms with Crippen LogP contribution in [0.15, 0.2) is 35.9 Å². The molecule has 0 spiro atoms. The summed E-state index contributed by atoms with van der Waals surface area (Å²) in [5, 5.41) is 10.6. The monoisotopic (exact) mass is 580 g/mol. The van der Waals surface area contributed by atoms with E-state index in [2.05, 4.69) is 32.7 Å². The number of benzene rings is 1. The summed E-state index contributed by atoms with van der Waals surface area (Å²) < 4.78 is 12.8. The van der Waals surface area contributed by atoms with Gasteiger partial charge in [0.25, 0.3) is 5.91 Å². The van der Waals surface area contributed by atoms with Crippen molar-refractivity contribution in [1.82, 2.24) is 29.9 Å². The van der Waals surface area contributed by atoms with Crippen molar-refractivity contribution in [1.29, 1.82) is 0 Å². The van der Waals surface area contributed by atoms with E-state index < -0.39 is 5.91 Å². The topological polar surface area (TPSA) is 129 Å². The van der Waals surface area contributed by atoms with Crippen molar-refractivity contribution >= 4 is 28.4 Å². The van der Waals surface area contributed by atoms with Gasteiger partial charge in [-0.15, -0.1) is 0 Å². The normalized spacial score (nSPS) is 25.7. The molecule has 4 aliphatic rings. The van der Waals surface area contributed by atoms with Crippen molar-refractivity contribution in [3.8, 4) is 5.75 Å². The summed E-state index contributed by atoms with van der Waals surface area (Å²) in [6.07, 6.45) is 8.62. The highest BCUT2D eigenvalue weighted by atomic mass is 16.5. The van der Waals surface area contributed by atoms with E-state index in [0.29, 0.717) is 42.9 Å². The van der Waals surface area contributed by atoms with Gasteiger partial charge in [-0.2, -0.15) is 0 Å². The zero-order valence-electron chi connectivity index (χ0n) is 24.9. The number of ether oxygens (including phenoxy) is 2. The van der Waals surface area contributed by atoms with E-state index in [-0.39, 0.29) is 17.9 Å². The molecule has 12 nitrogen and oxygen atoms in total. The molecule has 228 valence electrons. The Balaban J connectivity index is 1.28. The van der Waals surface area contributed by atoms with E-state index in [0.717, 1.165) is 55.6 Å². The molecule has 1 aromatic carbocycles. The van der Waals surface area contributed by atoms with Crippen molar-refractivity contribution in [2.45, 2.75) is 63.4 Å². The Morgan fingerprint density at radius 3 is 2.67 bits per heavy atom. The van der Waals surface area contributed by atoms with Crippen LogP contribution in [0.4, 0.5) is 5.69 Å². The summed E-state index contributed by atoms with van der Waals surface area (Å²) >= 11 is 0. The molecule has 2 aromatic rings. The van der Waals surface area contributed by atoms with E-state index in [1.54, 1.807) is 17.9 Å². The quantitative estimate of drug-likeness (QED) is 0.360. The molecule has 0 bridgehead atoms. The average molecular weight is 581 g/mol. The first-order valence-corrected chi connectivity index (χ1v) is 15.2. The maximum absolute atomic E-state index is 13.6. The number of morpholine rings is 1. The molecule has 5 N–H and O–H groups in total. The maximum Gasteiger partial charge on any atom is 0.275 e. The molecular formula is C30H44N8O4. The summed E-state index contributed by atoms with van der Waals surface area (Å²) in [5.74, 6) is -0.411. The minimum atomic E-state index is -1.46. The summed E-state index contributed by atoms with van der Waals surface area (Å²) in [6.45, 7) is 6.07. The van der Waals surface area contributed by atoms with Crippen LogP contribution in [0.2, 0.25) is 0 Å². The molecule has 1 amide bonds. The highest BCUT2D eigenvalue weighted by Gasteiger charge is 2.45. The molecule has 42 heavy (non-hydrogen) atoms. The van der Waals surface area contributed by atoms with Crippen LogP contribution in [0.3, 0.4) is 0 Å². The fraction of sp³-hybridized carbons (Fsp3) is 0.600. The smallest absolute Gasteiger partial charge is 0.275 e. The third-order valence-corrected chi connectivity index (χ3v) is 9.10. The molecule has 1 saturated carbocycles. The number of nitrogens with two attached hydrogens (primary N) is 1. The van der Waals surface area contributed by atoms with Gasteiger partial charge in [0.05, 0.1) is 38.1 Å². The van der Waals surface area contributed by atoms with Crippen LogP contribution < -0.4 is 26.4 Å². The van der Waals surface area contributed by atoms with Crippen molar-refractivity contribution in [3.05, 3.63) is 35.9 Å². The van der Waals surface area contributed by atoms with E-state index in [1.165, 1.54) is 19.3 Å². The minimum absolute atomic E-state index is 0.0136. The van der Waals surface area contributed by atoms with E-state index in [1.807, 2.05) is 30.1 Å². The number of carbonyl (C=O) groups excluding carboxylic acids is 2. The highest BCUT2D eigenvalue weighted by Crippen LogP contribution is 2.36. The van der Waals surface area contributed by atoms with Gasteiger partial charge in [0.2, 0.25) is 11.8 Å². The van der Waals surface area contributed by atoms with E-state index in [4.69, 9.17) is 15.2 Å². The van der Waals surface area contributed by atoms with Gasteiger partial charge in [-0.05, 0) is 31.4 Å².